The van der Waals surface area contributed by atoms with Crippen molar-refractivity contribution in [2.45, 2.75) is 19.9 Å². The van der Waals surface area contributed by atoms with Crippen molar-refractivity contribution in [2.24, 2.45) is 0 Å². The summed E-state index contributed by atoms with van der Waals surface area (Å²) in [5.41, 5.74) is 2.34. The van der Waals surface area contributed by atoms with Gasteiger partial charge in [0, 0.05) is 18.0 Å². The Bertz CT molecular complexity index is 523. The van der Waals surface area contributed by atoms with E-state index in [2.05, 4.69) is 16.7 Å². The molecule has 2 rings (SSSR count). The first-order valence-electron chi connectivity index (χ1n) is 6.34. The number of aryl methyl sites for hydroxylation is 1. The first-order chi connectivity index (χ1) is 9.25. The molecule has 0 radical (unpaired) electrons. The second kappa shape index (κ2) is 6.95. The Kier molecular flexibility index (Phi) is 4.98. The molecular formula is C15H18N2OS. The molecule has 0 aliphatic carbocycles. The summed E-state index contributed by atoms with van der Waals surface area (Å²) in [4.78, 5) is 12.9. The van der Waals surface area contributed by atoms with Crippen LogP contribution in [0.25, 0.3) is 0 Å². The van der Waals surface area contributed by atoms with E-state index in [0.29, 0.717) is 13.1 Å². The van der Waals surface area contributed by atoms with Crippen LogP contribution in [0.3, 0.4) is 0 Å². The van der Waals surface area contributed by atoms with Crippen LogP contribution in [0, 0.1) is 6.92 Å². The maximum Gasteiger partial charge on any atom is 0.315 e. The van der Waals surface area contributed by atoms with Crippen molar-refractivity contribution in [3.63, 3.8) is 0 Å². The van der Waals surface area contributed by atoms with Crippen molar-refractivity contribution >= 4 is 17.4 Å². The molecule has 0 spiro atoms. The van der Waals surface area contributed by atoms with E-state index < -0.39 is 0 Å². The summed E-state index contributed by atoms with van der Waals surface area (Å²) in [5, 5.41) is 7.79. The molecule has 0 fully saturated rings. The van der Waals surface area contributed by atoms with Gasteiger partial charge >= 0.3 is 6.03 Å². The van der Waals surface area contributed by atoms with Gasteiger partial charge in [-0.2, -0.15) is 0 Å². The second-order valence-corrected chi connectivity index (χ2v) is 5.40. The predicted octanol–water partition coefficient (Wildman–Crippen LogP) is 3.10. The monoisotopic (exact) mass is 274 g/mol. The molecule has 100 valence electrons. The summed E-state index contributed by atoms with van der Waals surface area (Å²) < 4.78 is 0. The Morgan fingerprint density at radius 3 is 2.74 bits per heavy atom. The number of thiophene rings is 1. The number of rotatable bonds is 5. The van der Waals surface area contributed by atoms with Crippen molar-refractivity contribution in [3.8, 4) is 0 Å². The fraction of sp³-hybridized carbons (Fsp3) is 0.267. The highest BCUT2D eigenvalue weighted by Crippen LogP contribution is 2.08. The predicted molar refractivity (Wildman–Crippen MR) is 79.4 cm³/mol. The third-order valence-electron chi connectivity index (χ3n) is 2.94. The molecule has 1 heterocycles. The van der Waals surface area contributed by atoms with E-state index in [4.69, 9.17) is 0 Å². The van der Waals surface area contributed by atoms with E-state index in [9.17, 15) is 4.79 Å². The van der Waals surface area contributed by atoms with Crippen molar-refractivity contribution in [2.75, 3.05) is 6.54 Å². The highest BCUT2D eigenvalue weighted by atomic mass is 32.1. The lowest BCUT2D eigenvalue weighted by molar-refractivity contribution is 0.240. The van der Waals surface area contributed by atoms with Gasteiger partial charge in [-0.05, 0) is 35.9 Å². The van der Waals surface area contributed by atoms with Gasteiger partial charge in [0.2, 0.25) is 0 Å². The summed E-state index contributed by atoms with van der Waals surface area (Å²) in [6.45, 7) is 3.28. The summed E-state index contributed by atoms with van der Waals surface area (Å²) >= 11 is 1.72. The lowest BCUT2D eigenvalue weighted by Gasteiger charge is -2.09. The molecule has 4 heteroatoms. The zero-order valence-electron chi connectivity index (χ0n) is 11.0. The van der Waals surface area contributed by atoms with Crippen LogP contribution in [-0.4, -0.2) is 12.6 Å². The summed E-state index contributed by atoms with van der Waals surface area (Å²) in [6, 6.07) is 12.1. The molecule has 0 aliphatic heterocycles. The van der Waals surface area contributed by atoms with Crippen LogP contribution in [0.15, 0.2) is 41.8 Å². The van der Waals surface area contributed by atoms with Gasteiger partial charge in [0.15, 0.2) is 0 Å². The Morgan fingerprint density at radius 2 is 2.00 bits per heavy atom. The first kappa shape index (κ1) is 13.6. The number of carbonyl (C=O) groups is 1. The number of carbonyl (C=O) groups excluding carboxylic acids is 1. The van der Waals surface area contributed by atoms with E-state index in [0.717, 1.165) is 12.0 Å². The molecule has 1 aromatic heterocycles. The summed E-state index contributed by atoms with van der Waals surface area (Å²) in [6.07, 6.45) is 0.884. The van der Waals surface area contributed by atoms with E-state index in [1.165, 1.54) is 10.4 Å². The van der Waals surface area contributed by atoms with Crippen LogP contribution in [0.1, 0.15) is 16.0 Å². The quantitative estimate of drug-likeness (QED) is 0.864. The topological polar surface area (TPSA) is 41.1 Å². The number of urea groups is 1. The normalized spacial score (nSPS) is 10.2. The van der Waals surface area contributed by atoms with Crippen LogP contribution in [0.4, 0.5) is 4.79 Å². The van der Waals surface area contributed by atoms with Gasteiger partial charge in [-0.25, -0.2) is 4.79 Å². The largest absolute Gasteiger partial charge is 0.338 e. The van der Waals surface area contributed by atoms with E-state index in [1.54, 1.807) is 11.3 Å². The number of hydrogen-bond acceptors (Lipinski definition) is 2. The van der Waals surface area contributed by atoms with Gasteiger partial charge in [-0.1, -0.05) is 30.3 Å². The fourth-order valence-electron chi connectivity index (χ4n) is 1.80. The van der Waals surface area contributed by atoms with Crippen LogP contribution in [0.5, 0.6) is 0 Å². The van der Waals surface area contributed by atoms with Gasteiger partial charge in [-0.3, -0.25) is 0 Å². The van der Waals surface area contributed by atoms with Crippen LogP contribution >= 0.6 is 11.3 Å². The molecule has 0 bridgehead atoms. The van der Waals surface area contributed by atoms with E-state index in [-0.39, 0.29) is 6.03 Å². The minimum Gasteiger partial charge on any atom is -0.338 e. The maximum atomic E-state index is 11.6. The van der Waals surface area contributed by atoms with Gasteiger partial charge in [0.1, 0.15) is 0 Å². The van der Waals surface area contributed by atoms with Crippen LogP contribution < -0.4 is 10.6 Å². The number of amides is 2. The molecular weight excluding hydrogens is 256 g/mol. The van der Waals surface area contributed by atoms with E-state index >= 15 is 0 Å². The molecule has 3 nitrogen and oxygen atoms in total. The van der Waals surface area contributed by atoms with Crippen LogP contribution in [-0.2, 0) is 13.0 Å². The van der Waals surface area contributed by atoms with Crippen molar-refractivity contribution in [1.82, 2.24) is 10.6 Å². The highest BCUT2D eigenvalue weighted by Gasteiger charge is 2.02. The molecule has 0 aliphatic rings. The second-order valence-electron chi connectivity index (χ2n) is 4.37. The maximum absolute atomic E-state index is 11.6. The standard InChI is InChI=1S/C15H18N2OS/c1-12-5-2-3-6-13(12)11-17-15(18)16-9-8-14-7-4-10-19-14/h2-7,10H,8-9,11H2,1H3,(H2,16,17,18). The van der Waals surface area contributed by atoms with Gasteiger partial charge in [0.05, 0.1) is 0 Å². The Labute approximate surface area is 117 Å². The lowest BCUT2D eigenvalue weighted by Crippen LogP contribution is -2.36. The number of nitrogens with one attached hydrogen (secondary N) is 2. The number of benzene rings is 1. The summed E-state index contributed by atoms with van der Waals surface area (Å²) in [7, 11) is 0. The molecule has 2 amide bonds. The zero-order chi connectivity index (χ0) is 13.5. The zero-order valence-corrected chi connectivity index (χ0v) is 11.8. The molecule has 2 aromatic rings. The smallest absolute Gasteiger partial charge is 0.315 e. The molecule has 19 heavy (non-hydrogen) atoms. The minimum absolute atomic E-state index is 0.111. The molecule has 2 N–H and O–H groups in total. The van der Waals surface area contributed by atoms with Crippen LogP contribution in [0.2, 0.25) is 0 Å². The number of hydrogen-bond donors (Lipinski definition) is 2. The summed E-state index contributed by atoms with van der Waals surface area (Å²) in [5.74, 6) is 0. The Morgan fingerprint density at radius 1 is 1.16 bits per heavy atom. The molecule has 0 unspecified atom stereocenters. The molecule has 0 saturated carbocycles. The SMILES string of the molecule is Cc1ccccc1CNC(=O)NCCc1cccs1. The lowest BCUT2D eigenvalue weighted by atomic mass is 10.1. The first-order valence-corrected chi connectivity index (χ1v) is 7.22. The van der Waals surface area contributed by atoms with Gasteiger partial charge < -0.3 is 10.6 Å². The average Bonchev–Trinajstić information content (AvgIpc) is 2.91. The van der Waals surface area contributed by atoms with E-state index in [1.807, 2.05) is 42.6 Å². The molecule has 0 saturated heterocycles. The molecule has 1 aromatic carbocycles. The minimum atomic E-state index is -0.111. The fourth-order valence-corrected chi connectivity index (χ4v) is 2.51. The van der Waals surface area contributed by atoms with Crippen molar-refractivity contribution < 1.29 is 4.79 Å². The Balaban J connectivity index is 1.69. The third-order valence-corrected chi connectivity index (χ3v) is 3.87. The van der Waals surface area contributed by atoms with Crippen molar-refractivity contribution in [3.05, 3.63) is 57.8 Å². The van der Waals surface area contributed by atoms with Crippen molar-refractivity contribution in [1.29, 1.82) is 0 Å². The third kappa shape index (κ3) is 4.41. The average molecular weight is 274 g/mol. The van der Waals surface area contributed by atoms with Gasteiger partial charge in [0.25, 0.3) is 0 Å². The van der Waals surface area contributed by atoms with Gasteiger partial charge in [-0.15, -0.1) is 11.3 Å². The highest BCUT2D eigenvalue weighted by molar-refractivity contribution is 7.09. The molecule has 0 atom stereocenters. The Hall–Kier alpha value is -1.81.